The Bertz CT molecular complexity index is 539. The molecule has 1 heterocycles. The molecular formula is C12H10BrNO2S. The van der Waals surface area contributed by atoms with Gasteiger partial charge in [0, 0.05) is 17.5 Å². The molecule has 2 N–H and O–H groups in total. The number of carbonyl (C=O) groups excluding carboxylic acids is 1. The average Bonchev–Trinajstić information content (AvgIpc) is 2.74. The number of carbonyl (C=O) groups is 1. The number of amides is 1. The number of hydrogen-bond donors (Lipinski definition) is 2. The van der Waals surface area contributed by atoms with Crippen LogP contribution in [0.15, 0.2) is 39.5 Å². The van der Waals surface area contributed by atoms with Crippen molar-refractivity contribution in [2.24, 2.45) is 0 Å². The Morgan fingerprint density at radius 2 is 2.18 bits per heavy atom. The topological polar surface area (TPSA) is 49.3 Å². The third-order valence-corrected chi connectivity index (χ3v) is 3.77. The first-order chi connectivity index (χ1) is 8.16. The number of phenols is 1. The fraction of sp³-hybridized carbons (Fsp3) is 0.0833. The molecule has 5 heteroatoms. The summed E-state index contributed by atoms with van der Waals surface area (Å²) in [6, 6.07) is 8.71. The lowest BCUT2D eigenvalue weighted by atomic mass is 10.2. The minimum Gasteiger partial charge on any atom is -0.508 e. The van der Waals surface area contributed by atoms with Crippen LogP contribution in [-0.2, 0) is 6.54 Å². The Morgan fingerprint density at radius 1 is 1.41 bits per heavy atom. The number of benzene rings is 1. The molecule has 17 heavy (non-hydrogen) atoms. The first kappa shape index (κ1) is 12.1. The molecule has 0 saturated heterocycles. The maximum absolute atomic E-state index is 11.7. The van der Waals surface area contributed by atoms with Crippen molar-refractivity contribution in [3.63, 3.8) is 0 Å². The highest BCUT2D eigenvalue weighted by molar-refractivity contribution is 9.11. The van der Waals surface area contributed by atoms with Crippen LogP contribution in [0.2, 0.25) is 0 Å². The van der Waals surface area contributed by atoms with E-state index in [1.807, 2.05) is 6.07 Å². The van der Waals surface area contributed by atoms with Crippen LogP contribution >= 0.6 is 27.3 Å². The van der Waals surface area contributed by atoms with Crippen molar-refractivity contribution in [2.45, 2.75) is 6.54 Å². The highest BCUT2D eigenvalue weighted by Crippen LogP contribution is 2.21. The third kappa shape index (κ3) is 3.08. The Balaban J connectivity index is 1.99. The number of hydrogen-bond acceptors (Lipinski definition) is 3. The highest BCUT2D eigenvalue weighted by atomic mass is 79.9. The second kappa shape index (κ2) is 5.33. The predicted molar refractivity (Wildman–Crippen MR) is 71.3 cm³/mol. The summed E-state index contributed by atoms with van der Waals surface area (Å²) in [5.74, 6) is 0.0505. The second-order valence-corrected chi connectivity index (χ2v) is 5.74. The van der Waals surface area contributed by atoms with E-state index in [1.165, 1.54) is 11.3 Å². The zero-order valence-electron chi connectivity index (χ0n) is 8.81. The van der Waals surface area contributed by atoms with Gasteiger partial charge in [0.2, 0.25) is 0 Å². The number of para-hydroxylation sites is 1. The lowest BCUT2D eigenvalue weighted by Crippen LogP contribution is -2.22. The summed E-state index contributed by atoms with van der Waals surface area (Å²) < 4.78 is 0.921. The average molecular weight is 312 g/mol. The Hall–Kier alpha value is -1.33. The maximum atomic E-state index is 11.7. The van der Waals surface area contributed by atoms with Gasteiger partial charge in [-0.25, -0.2) is 0 Å². The van der Waals surface area contributed by atoms with E-state index in [9.17, 15) is 9.90 Å². The molecule has 1 amide bonds. The monoisotopic (exact) mass is 311 g/mol. The Kier molecular flexibility index (Phi) is 3.81. The van der Waals surface area contributed by atoms with Gasteiger partial charge >= 0.3 is 0 Å². The molecule has 0 unspecified atom stereocenters. The van der Waals surface area contributed by atoms with E-state index >= 15 is 0 Å². The van der Waals surface area contributed by atoms with Gasteiger partial charge in [-0.1, -0.05) is 18.2 Å². The second-order valence-electron chi connectivity index (χ2n) is 3.45. The summed E-state index contributed by atoms with van der Waals surface area (Å²) in [5.41, 5.74) is 1.33. The standard InChI is InChI=1S/C12H10BrNO2S/c13-11-5-9(7-17-11)12(16)14-6-8-3-1-2-4-10(8)15/h1-5,7,15H,6H2,(H,14,16). The molecule has 0 spiro atoms. The molecule has 0 fully saturated rings. The SMILES string of the molecule is O=C(NCc1ccccc1O)c1csc(Br)c1. The van der Waals surface area contributed by atoms with E-state index in [2.05, 4.69) is 21.2 Å². The number of rotatable bonds is 3. The Labute approximate surface area is 111 Å². The molecule has 0 aliphatic heterocycles. The maximum Gasteiger partial charge on any atom is 0.252 e. The van der Waals surface area contributed by atoms with Gasteiger partial charge in [0.05, 0.1) is 9.35 Å². The van der Waals surface area contributed by atoms with Gasteiger partial charge in [-0.3, -0.25) is 4.79 Å². The van der Waals surface area contributed by atoms with Crippen LogP contribution < -0.4 is 5.32 Å². The molecule has 0 saturated carbocycles. The molecule has 2 rings (SSSR count). The van der Waals surface area contributed by atoms with Crippen molar-refractivity contribution in [1.82, 2.24) is 5.32 Å². The first-order valence-corrected chi connectivity index (χ1v) is 6.63. The van der Waals surface area contributed by atoms with Gasteiger partial charge in [-0.15, -0.1) is 11.3 Å². The van der Waals surface area contributed by atoms with Crippen LogP contribution in [0, 0.1) is 0 Å². The van der Waals surface area contributed by atoms with E-state index in [0.29, 0.717) is 17.7 Å². The largest absolute Gasteiger partial charge is 0.508 e. The lowest BCUT2D eigenvalue weighted by Gasteiger charge is -2.05. The molecule has 0 radical (unpaired) electrons. The van der Waals surface area contributed by atoms with Crippen LogP contribution in [0.3, 0.4) is 0 Å². The van der Waals surface area contributed by atoms with E-state index < -0.39 is 0 Å². The fourth-order valence-corrected chi connectivity index (χ4v) is 2.50. The first-order valence-electron chi connectivity index (χ1n) is 4.96. The minimum absolute atomic E-state index is 0.143. The third-order valence-electron chi connectivity index (χ3n) is 2.26. The van der Waals surface area contributed by atoms with Gasteiger partial charge in [-0.2, -0.15) is 0 Å². The van der Waals surface area contributed by atoms with Gasteiger partial charge in [0.1, 0.15) is 5.75 Å². The fourth-order valence-electron chi connectivity index (χ4n) is 1.37. The predicted octanol–water partition coefficient (Wildman–Crippen LogP) is 3.15. The normalized spacial score (nSPS) is 10.2. The Morgan fingerprint density at radius 3 is 2.82 bits per heavy atom. The number of aromatic hydroxyl groups is 1. The van der Waals surface area contributed by atoms with Crippen LogP contribution in [0.4, 0.5) is 0 Å². The van der Waals surface area contributed by atoms with Gasteiger partial charge < -0.3 is 10.4 Å². The number of halogens is 1. The van der Waals surface area contributed by atoms with Crippen molar-refractivity contribution in [1.29, 1.82) is 0 Å². The van der Waals surface area contributed by atoms with Gasteiger partial charge in [-0.05, 0) is 28.1 Å². The quantitative estimate of drug-likeness (QED) is 0.915. The van der Waals surface area contributed by atoms with E-state index in [4.69, 9.17) is 0 Å². The van der Waals surface area contributed by atoms with Crippen molar-refractivity contribution < 1.29 is 9.90 Å². The smallest absolute Gasteiger partial charge is 0.252 e. The van der Waals surface area contributed by atoms with E-state index in [1.54, 1.807) is 29.6 Å². The minimum atomic E-state index is -0.143. The van der Waals surface area contributed by atoms with Crippen molar-refractivity contribution >= 4 is 33.2 Å². The molecule has 88 valence electrons. The van der Waals surface area contributed by atoms with Crippen LogP contribution in [0.5, 0.6) is 5.75 Å². The molecule has 0 aliphatic rings. The van der Waals surface area contributed by atoms with E-state index in [-0.39, 0.29) is 11.7 Å². The molecule has 0 bridgehead atoms. The van der Waals surface area contributed by atoms with Crippen LogP contribution in [-0.4, -0.2) is 11.0 Å². The summed E-state index contributed by atoms with van der Waals surface area (Å²) in [5, 5.41) is 14.1. The highest BCUT2D eigenvalue weighted by Gasteiger charge is 2.08. The molecule has 1 aromatic carbocycles. The zero-order chi connectivity index (χ0) is 12.3. The van der Waals surface area contributed by atoms with Crippen molar-refractivity contribution in [3.05, 3.63) is 50.6 Å². The summed E-state index contributed by atoms with van der Waals surface area (Å²) >= 11 is 4.77. The lowest BCUT2D eigenvalue weighted by molar-refractivity contribution is 0.0951. The van der Waals surface area contributed by atoms with Crippen LogP contribution in [0.1, 0.15) is 15.9 Å². The number of nitrogens with one attached hydrogen (secondary N) is 1. The summed E-state index contributed by atoms with van der Waals surface area (Å²) in [6.07, 6.45) is 0. The molecule has 2 aromatic rings. The van der Waals surface area contributed by atoms with Crippen molar-refractivity contribution in [2.75, 3.05) is 0 Å². The number of thiophene rings is 1. The van der Waals surface area contributed by atoms with Crippen molar-refractivity contribution in [3.8, 4) is 5.75 Å². The van der Waals surface area contributed by atoms with Gasteiger partial charge in [0.25, 0.3) is 5.91 Å². The number of phenolic OH excluding ortho intramolecular Hbond substituents is 1. The summed E-state index contributed by atoms with van der Waals surface area (Å²) in [7, 11) is 0. The summed E-state index contributed by atoms with van der Waals surface area (Å²) in [4.78, 5) is 11.7. The van der Waals surface area contributed by atoms with Gasteiger partial charge in [0.15, 0.2) is 0 Å². The zero-order valence-corrected chi connectivity index (χ0v) is 11.2. The molecule has 0 atom stereocenters. The molecule has 0 aliphatic carbocycles. The molecule has 1 aromatic heterocycles. The van der Waals surface area contributed by atoms with Crippen LogP contribution in [0.25, 0.3) is 0 Å². The summed E-state index contributed by atoms with van der Waals surface area (Å²) in [6.45, 7) is 0.318. The van der Waals surface area contributed by atoms with E-state index in [0.717, 1.165) is 3.79 Å². The molecular weight excluding hydrogens is 302 g/mol. The molecule has 3 nitrogen and oxygen atoms in total.